The first-order chi connectivity index (χ1) is 9.13. The molecule has 0 saturated heterocycles. The third kappa shape index (κ3) is 2.96. The molecule has 0 aliphatic heterocycles. The van der Waals surface area contributed by atoms with Gasteiger partial charge in [-0.1, -0.05) is 18.2 Å². The van der Waals surface area contributed by atoms with Gasteiger partial charge in [0.05, 0.1) is 11.3 Å². The minimum Gasteiger partial charge on any atom is -0.345 e. The first-order valence-corrected chi connectivity index (χ1v) is 7.17. The van der Waals surface area contributed by atoms with Gasteiger partial charge in [0, 0.05) is 30.8 Å². The first kappa shape index (κ1) is 13.6. The summed E-state index contributed by atoms with van der Waals surface area (Å²) in [7, 11) is 3.47. The highest BCUT2D eigenvalue weighted by Gasteiger charge is 2.10. The SMILES string of the molecule is CSc1ccccc1-c1ccc(C(=O)N(C)C)cn1. The second-order valence-electron chi connectivity index (χ2n) is 4.33. The van der Waals surface area contributed by atoms with Crippen LogP contribution in [0.15, 0.2) is 47.5 Å². The van der Waals surface area contributed by atoms with E-state index in [1.165, 1.54) is 4.90 Å². The van der Waals surface area contributed by atoms with Crippen molar-refractivity contribution in [2.75, 3.05) is 20.4 Å². The summed E-state index contributed by atoms with van der Waals surface area (Å²) < 4.78 is 0. The number of rotatable bonds is 3. The Morgan fingerprint density at radius 3 is 2.47 bits per heavy atom. The zero-order valence-electron chi connectivity index (χ0n) is 11.3. The molecule has 0 aliphatic carbocycles. The Morgan fingerprint density at radius 1 is 1.16 bits per heavy atom. The minimum absolute atomic E-state index is 0.0304. The molecule has 98 valence electrons. The molecule has 2 aromatic rings. The van der Waals surface area contributed by atoms with Gasteiger partial charge in [0.2, 0.25) is 0 Å². The highest BCUT2D eigenvalue weighted by molar-refractivity contribution is 7.98. The molecule has 0 spiro atoms. The molecule has 1 heterocycles. The van der Waals surface area contributed by atoms with Crippen LogP contribution in [0, 0.1) is 0 Å². The maximum Gasteiger partial charge on any atom is 0.254 e. The molecule has 0 saturated carbocycles. The molecule has 1 aromatic heterocycles. The molecular weight excluding hydrogens is 256 g/mol. The van der Waals surface area contributed by atoms with Crippen molar-refractivity contribution >= 4 is 17.7 Å². The average molecular weight is 272 g/mol. The number of carbonyl (C=O) groups excluding carboxylic acids is 1. The predicted octanol–water partition coefficient (Wildman–Crippen LogP) is 3.17. The predicted molar refractivity (Wildman–Crippen MR) is 79.5 cm³/mol. The Hall–Kier alpha value is -1.81. The Kier molecular flexibility index (Phi) is 4.22. The standard InChI is InChI=1S/C15H16N2OS/c1-17(2)15(18)11-8-9-13(16-10-11)12-6-4-5-7-14(12)19-3/h4-10H,1-3H3. The molecule has 0 unspecified atom stereocenters. The van der Waals surface area contributed by atoms with Crippen molar-refractivity contribution in [1.29, 1.82) is 0 Å². The van der Waals surface area contributed by atoms with E-state index in [0.29, 0.717) is 5.56 Å². The molecule has 1 aromatic carbocycles. The van der Waals surface area contributed by atoms with Crippen LogP contribution in [-0.4, -0.2) is 36.1 Å². The fourth-order valence-electron chi connectivity index (χ4n) is 1.79. The molecule has 0 radical (unpaired) electrons. The topological polar surface area (TPSA) is 33.2 Å². The van der Waals surface area contributed by atoms with Crippen LogP contribution in [0.4, 0.5) is 0 Å². The van der Waals surface area contributed by atoms with Crippen LogP contribution >= 0.6 is 11.8 Å². The molecule has 1 amide bonds. The van der Waals surface area contributed by atoms with Crippen molar-refractivity contribution in [1.82, 2.24) is 9.88 Å². The normalized spacial score (nSPS) is 10.3. The van der Waals surface area contributed by atoms with Gasteiger partial charge >= 0.3 is 0 Å². The van der Waals surface area contributed by atoms with Gasteiger partial charge in [0.15, 0.2) is 0 Å². The summed E-state index contributed by atoms with van der Waals surface area (Å²) in [5.41, 5.74) is 2.59. The molecule has 0 fully saturated rings. The van der Waals surface area contributed by atoms with Crippen molar-refractivity contribution in [2.45, 2.75) is 4.90 Å². The van der Waals surface area contributed by atoms with Gasteiger partial charge in [-0.05, 0) is 24.5 Å². The summed E-state index contributed by atoms with van der Waals surface area (Å²) in [6.07, 6.45) is 3.68. The van der Waals surface area contributed by atoms with E-state index in [9.17, 15) is 4.79 Å². The zero-order valence-corrected chi connectivity index (χ0v) is 12.1. The number of thioether (sulfide) groups is 1. The Labute approximate surface area is 117 Å². The third-order valence-corrected chi connectivity index (χ3v) is 3.60. The Balaban J connectivity index is 2.35. The number of nitrogens with zero attached hydrogens (tertiary/aromatic N) is 2. The van der Waals surface area contributed by atoms with Crippen molar-refractivity contribution in [3.8, 4) is 11.3 Å². The lowest BCUT2D eigenvalue weighted by Gasteiger charge is -2.11. The van der Waals surface area contributed by atoms with Crippen LogP contribution in [0.2, 0.25) is 0 Å². The van der Waals surface area contributed by atoms with Gasteiger partial charge in [-0.3, -0.25) is 9.78 Å². The van der Waals surface area contributed by atoms with Crippen LogP contribution in [-0.2, 0) is 0 Å². The van der Waals surface area contributed by atoms with E-state index in [-0.39, 0.29) is 5.91 Å². The van der Waals surface area contributed by atoms with Gasteiger partial charge in [-0.15, -0.1) is 11.8 Å². The zero-order chi connectivity index (χ0) is 13.8. The first-order valence-electron chi connectivity index (χ1n) is 5.94. The molecule has 19 heavy (non-hydrogen) atoms. The van der Waals surface area contributed by atoms with Gasteiger partial charge in [0.1, 0.15) is 0 Å². The Bertz CT molecular complexity index is 579. The summed E-state index contributed by atoms with van der Waals surface area (Å²) in [6, 6.07) is 11.8. The second-order valence-corrected chi connectivity index (χ2v) is 5.18. The van der Waals surface area contributed by atoms with E-state index in [0.717, 1.165) is 11.3 Å². The van der Waals surface area contributed by atoms with Crippen LogP contribution in [0.3, 0.4) is 0 Å². The minimum atomic E-state index is -0.0304. The summed E-state index contributed by atoms with van der Waals surface area (Å²) in [5.74, 6) is -0.0304. The number of benzene rings is 1. The van der Waals surface area contributed by atoms with Crippen LogP contribution in [0.1, 0.15) is 10.4 Å². The Morgan fingerprint density at radius 2 is 1.89 bits per heavy atom. The molecule has 0 aliphatic rings. The average Bonchev–Trinajstić information content (AvgIpc) is 2.46. The quantitative estimate of drug-likeness (QED) is 0.805. The van der Waals surface area contributed by atoms with E-state index >= 15 is 0 Å². The molecule has 3 nitrogen and oxygen atoms in total. The van der Waals surface area contributed by atoms with Gasteiger partial charge in [0.25, 0.3) is 5.91 Å². The van der Waals surface area contributed by atoms with E-state index in [1.54, 1.807) is 37.0 Å². The highest BCUT2D eigenvalue weighted by Crippen LogP contribution is 2.28. The summed E-state index contributed by atoms with van der Waals surface area (Å²) in [6.45, 7) is 0. The number of amides is 1. The molecule has 2 rings (SSSR count). The lowest BCUT2D eigenvalue weighted by molar-refractivity contribution is 0.0827. The number of aromatic nitrogens is 1. The lowest BCUT2D eigenvalue weighted by Crippen LogP contribution is -2.21. The van der Waals surface area contributed by atoms with Crippen molar-refractivity contribution in [3.05, 3.63) is 48.2 Å². The molecule has 4 heteroatoms. The van der Waals surface area contributed by atoms with E-state index < -0.39 is 0 Å². The molecule has 0 bridgehead atoms. The third-order valence-electron chi connectivity index (χ3n) is 2.80. The number of hydrogen-bond donors (Lipinski definition) is 0. The number of pyridine rings is 1. The second kappa shape index (κ2) is 5.89. The molecule has 0 N–H and O–H groups in total. The van der Waals surface area contributed by atoms with Crippen LogP contribution < -0.4 is 0 Å². The highest BCUT2D eigenvalue weighted by atomic mass is 32.2. The van der Waals surface area contributed by atoms with Crippen molar-refractivity contribution in [3.63, 3.8) is 0 Å². The lowest BCUT2D eigenvalue weighted by atomic mass is 10.1. The number of carbonyl (C=O) groups is 1. The van der Waals surface area contributed by atoms with Gasteiger partial charge < -0.3 is 4.90 Å². The van der Waals surface area contributed by atoms with E-state index in [4.69, 9.17) is 0 Å². The van der Waals surface area contributed by atoms with E-state index in [2.05, 4.69) is 11.1 Å². The van der Waals surface area contributed by atoms with Crippen LogP contribution in [0.25, 0.3) is 11.3 Å². The van der Waals surface area contributed by atoms with Crippen molar-refractivity contribution in [2.24, 2.45) is 0 Å². The fraction of sp³-hybridized carbons (Fsp3) is 0.200. The fourth-order valence-corrected chi connectivity index (χ4v) is 2.40. The largest absolute Gasteiger partial charge is 0.345 e. The summed E-state index contributed by atoms with van der Waals surface area (Å²) in [4.78, 5) is 18.9. The van der Waals surface area contributed by atoms with E-state index in [1.807, 2.05) is 36.6 Å². The summed E-state index contributed by atoms with van der Waals surface area (Å²) >= 11 is 1.69. The summed E-state index contributed by atoms with van der Waals surface area (Å²) in [5, 5.41) is 0. The monoisotopic (exact) mass is 272 g/mol. The van der Waals surface area contributed by atoms with Gasteiger partial charge in [-0.25, -0.2) is 0 Å². The molecular formula is C15H16N2OS. The van der Waals surface area contributed by atoms with Gasteiger partial charge in [-0.2, -0.15) is 0 Å². The smallest absolute Gasteiger partial charge is 0.254 e. The van der Waals surface area contributed by atoms with Crippen LogP contribution in [0.5, 0.6) is 0 Å². The maximum atomic E-state index is 11.8. The number of hydrogen-bond acceptors (Lipinski definition) is 3. The van der Waals surface area contributed by atoms with Crippen molar-refractivity contribution < 1.29 is 4.79 Å². The maximum absolute atomic E-state index is 11.8. The molecule has 0 atom stereocenters.